The number of aromatic nitrogens is 1. The highest BCUT2D eigenvalue weighted by Gasteiger charge is 2.22. The number of rotatable bonds is 1. The summed E-state index contributed by atoms with van der Waals surface area (Å²) in [5.74, 6) is 0. The lowest BCUT2D eigenvalue weighted by atomic mass is 10.0. The molecule has 1 aliphatic rings. The van der Waals surface area contributed by atoms with E-state index in [1.165, 1.54) is 5.56 Å². The molecule has 0 fully saturated rings. The first-order chi connectivity index (χ1) is 10.8. The highest BCUT2D eigenvalue weighted by molar-refractivity contribution is 6.07. The van der Waals surface area contributed by atoms with Crippen molar-refractivity contribution in [3.8, 4) is 0 Å². The Hall–Kier alpha value is -2.75. The summed E-state index contributed by atoms with van der Waals surface area (Å²) in [6.07, 6.45) is 3.88. The molecule has 2 amide bonds. The standard InChI is InChI=1S/C18H17N3O/c22-18(20-16-12-19-15-9-3-2-8-14(15)16)21-11-5-7-13-6-1-4-10-17(13)21/h1-4,6,8-10,12,19H,5,7,11H2,(H,20,22). The zero-order chi connectivity index (χ0) is 14.9. The van der Waals surface area contributed by atoms with Crippen LogP contribution in [0.3, 0.4) is 0 Å². The Kier molecular flexibility index (Phi) is 3.07. The number of aryl methyl sites for hydroxylation is 1. The van der Waals surface area contributed by atoms with Gasteiger partial charge in [0.2, 0.25) is 0 Å². The Morgan fingerprint density at radius 2 is 1.91 bits per heavy atom. The van der Waals surface area contributed by atoms with Gasteiger partial charge in [0.1, 0.15) is 0 Å². The maximum atomic E-state index is 12.7. The van der Waals surface area contributed by atoms with Crippen LogP contribution in [0.2, 0.25) is 0 Å². The van der Waals surface area contributed by atoms with Crippen molar-refractivity contribution in [2.24, 2.45) is 0 Å². The summed E-state index contributed by atoms with van der Waals surface area (Å²) in [4.78, 5) is 17.7. The first kappa shape index (κ1) is 13.0. The van der Waals surface area contributed by atoms with Crippen LogP contribution in [0.4, 0.5) is 16.2 Å². The maximum absolute atomic E-state index is 12.7. The van der Waals surface area contributed by atoms with Crippen molar-refractivity contribution in [3.63, 3.8) is 0 Å². The Morgan fingerprint density at radius 3 is 2.86 bits per heavy atom. The van der Waals surface area contributed by atoms with Gasteiger partial charge in [-0.2, -0.15) is 0 Å². The number of H-pyrrole nitrogens is 1. The van der Waals surface area contributed by atoms with Gasteiger partial charge >= 0.3 is 6.03 Å². The monoisotopic (exact) mass is 291 g/mol. The molecule has 1 aliphatic heterocycles. The summed E-state index contributed by atoms with van der Waals surface area (Å²) in [6.45, 7) is 0.755. The predicted molar refractivity (Wildman–Crippen MR) is 89.4 cm³/mol. The van der Waals surface area contributed by atoms with Crippen molar-refractivity contribution in [2.75, 3.05) is 16.8 Å². The third-order valence-corrected chi connectivity index (χ3v) is 4.19. The number of hydrogen-bond acceptors (Lipinski definition) is 1. The molecular weight excluding hydrogens is 274 g/mol. The van der Waals surface area contributed by atoms with E-state index >= 15 is 0 Å². The lowest BCUT2D eigenvalue weighted by molar-refractivity contribution is 0.256. The Balaban J connectivity index is 1.63. The van der Waals surface area contributed by atoms with Crippen LogP contribution in [0.5, 0.6) is 0 Å². The molecule has 2 aromatic carbocycles. The number of nitrogens with zero attached hydrogens (tertiary/aromatic N) is 1. The third kappa shape index (κ3) is 2.13. The van der Waals surface area contributed by atoms with Gasteiger partial charge in [0.25, 0.3) is 0 Å². The molecule has 1 aromatic heterocycles. The fraction of sp³-hybridized carbons (Fsp3) is 0.167. The molecule has 4 rings (SSSR count). The molecule has 0 spiro atoms. The summed E-state index contributed by atoms with van der Waals surface area (Å²) in [5, 5.41) is 4.06. The van der Waals surface area contributed by atoms with E-state index in [1.54, 1.807) is 0 Å². The number of para-hydroxylation sites is 2. The van der Waals surface area contributed by atoms with Gasteiger partial charge in [-0.25, -0.2) is 4.79 Å². The summed E-state index contributed by atoms with van der Waals surface area (Å²) in [6, 6.07) is 16.0. The summed E-state index contributed by atoms with van der Waals surface area (Å²) < 4.78 is 0. The molecule has 2 heterocycles. The van der Waals surface area contributed by atoms with Crippen LogP contribution in [0.25, 0.3) is 10.9 Å². The van der Waals surface area contributed by atoms with Gasteiger partial charge in [0.15, 0.2) is 0 Å². The van der Waals surface area contributed by atoms with Gasteiger partial charge < -0.3 is 10.3 Å². The topological polar surface area (TPSA) is 48.1 Å². The average molecular weight is 291 g/mol. The zero-order valence-corrected chi connectivity index (χ0v) is 12.2. The van der Waals surface area contributed by atoms with Crippen molar-refractivity contribution >= 4 is 28.3 Å². The lowest BCUT2D eigenvalue weighted by Gasteiger charge is -2.29. The largest absolute Gasteiger partial charge is 0.359 e. The van der Waals surface area contributed by atoms with Crippen LogP contribution >= 0.6 is 0 Å². The number of fused-ring (bicyclic) bond motifs is 2. The van der Waals surface area contributed by atoms with Crippen molar-refractivity contribution in [1.82, 2.24) is 4.98 Å². The molecule has 0 bridgehead atoms. The van der Waals surface area contributed by atoms with Crippen molar-refractivity contribution in [3.05, 3.63) is 60.3 Å². The number of aromatic amines is 1. The average Bonchev–Trinajstić information content (AvgIpc) is 2.97. The van der Waals surface area contributed by atoms with Crippen LogP contribution in [0.1, 0.15) is 12.0 Å². The predicted octanol–water partition coefficient (Wildman–Crippen LogP) is 4.15. The van der Waals surface area contributed by atoms with Gasteiger partial charge in [-0.15, -0.1) is 0 Å². The highest BCUT2D eigenvalue weighted by Crippen LogP contribution is 2.28. The second-order valence-electron chi connectivity index (χ2n) is 5.56. The minimum atomic E-state index is -0.0723. The van der Waals surface area contributed by atoms with Crippen LogP contribution in [0, 0.1) is 0 Å². The third-order valence-electron chi connectivity index (χ3n) is 4.19. The number of benzene rings is 2. The van der Waals surface area contributed by atoms with E-state index in [0.29, 0.717) is 0 Å². The lowest BCUT2D eigenvalue weighted by Crippen LogP contribution is -2.38. The minimum Gasteiger partial charge on any atom is -0.359 e. The van der Waals surface area contributed by atoms with E-state index in [2.05, 4.69) is 16.4 Å². The minimum absolute atomic E-state index is 0.0723. The molecule has 0 radical (unpaired) electrons. The Labute approximate surface area is 128 Å². The SMILES string of the molecule is O=C(Nc1c[nH]c2ccccc12)N1CCCc2ccccc21. The maximum Gasteiger partial charge on any atom is 0.326 e. The van der Waals surface area contributed by atoms with E-state index in [-0.39, 0.29) is 6.03 Å². The van der Waals surface area contributed by atoms with E-state index in [1.807, 2.05) is 53.6 Å². The number of amides is 2. The smallest absolute Gasteiger partial charge is 0.326 e. The fourth-order valence-corrected chi connectivity index (χ4v) is 3.10. The van der Waals surface area contributed by atoms with E-state index < -0.39 is 0 Å². The van der Waals surface area contributed by atoms with Crippen molar-refractivity contribution in [2.45, 2.75) is 12.8 Å². The Bertz CT molecular complexity index is 837. The van der Waals surface area contributed by atoms with Crippen LogP contribution in [-0.4, -0.2) is 17.6 Å². The molecular formula is C18H17N3O. The number of carbonyl (C=O) groups is 1. The molecule has 4 heteroatoms. The number of hydrogen-bond donors (Lipinski definition) is 2. The summed E-state index contributed by atoms with van der Waals surface area (Å²) in [5.41, 5.74) is 4.11. The molecule has 0 unspecified atom stereocenters. The molecule has 0 atom stereocenters. The van der Waals surface area contributed by atoms with Crippen molar-refractivity contribution < 1.29 is 4.79 Å². The van der Waals surface area contributed by atoms with E-state index in [0.717, 1.165) is 41.7 Å². The molecule has 110 valence electrons. The second-order valence-corrected chi connectivity index (χ2v) is 5.56. The van der Waals surface area contributed by atoms with E-state index in [9.17, 15) is 4.79 Å². The molecule has 3 aromatic rings. The molecule has 0 saturated carbocycles. The van der Waals surface area contributed by atoms with Gasteiger partial charge in [-0.05, 0) is 30.5 Å². The van der Waals surface area contributed by atoms with Crippen molar-refractivity contribution in [1.29, 1.82) is 0 Å². The van der Waals surface area contributed by atoms with Gasteiger partial charge in [0, 0.05) is 29.3 Å². The summed E-state index contributed by atoms with van der Waals surface area (Å²) in [7, 11) is 0. The zero-order valence-electron chi connectivity index (χ0n) is 12.2. The molecule has 22 heavy (non-hydrogen) atoms. The normalized spacial score (nSPS) is 13.9. The number of anilines is 2. The fourth-order valence-electron chi connectivity index (χ4n) is 3.10. The molecule has 2 N–H and O–H groups in total. The van der Waals surface area contributed by atoms with Gasteiger partial charge in [-0.3, -0.25) is 4.90 Å². The number of nitrogens with one attached hydrogen (secondary N) is 2. The first-order valence-electron chi connectivity index (χ1n) is 7.55. The number of urea groups is 1. The Morgan fingerprint density at radius 1 is 1.09 bits per heavy atom. The second kappa shape index (κ2) is 5.22. The molecule has 4 nitrogen and oxygen atoms in total. The van der Waals surface area contributed by atoms with Crippen LogP contribution < -0.4 is 10.2 Å². The van der Waals surface area contributed by atoms with Gasteiger partial charge in [-0.1, -0.05) is 36.4 Å². The highest BCUT2D eigenvalue weighted by atomic mass is 16.2. The quantitative estimate of drug-likeness (QED) is 0.695. The van der Waals surface area contributed by atoms with E-state index in [4.69, 9.17) is 0 Å². The number of carbonyl (C=O) groups excluding carboxylic acids is 1. The summed E-state index contributed by atoms with van der Waals surface area (Å²) >= 11 is 0. The molecule has 0 aliphatic carbocycles. The van der Waals surface area contributed by atoms with Gasteiger partial charge in [0.05, 0.1) is 5.69 Å². The van der Waals surface area contributed by atoms with Crippen LogP contribution in [0.15, 0.2) is 54.7 Å². The first-order valence-corrected chi connectivity index (χ1v) is 7.55. The molecule has 0 saturated heterocycles. The van der Waals surface area contributed by atoms with Crippen LogP contribution in [-0.2, 0) is 6.42 Å².